The molecule has 132 valence electrons. The third kappa shape index (κ3) is 5.19. The Hall–Kier alpha value is -2.60. The van der Waals surface area contributed by atoms with Crippen molar-refractivity contribution in [2.75, 3.05) is 12.4 Å². The van der Waals surface area contributed by atoms with Gasteiger partial charge in [0.1, 0.15) is 12.2 Å². The SMILES string of the molecule is CNc1ccc(C(N)=NC=Nc2ccc(OC(F)F)c(F)c2)cc1P. The number of nitrogens with two attached hydrogens (primary N) is 1. The van der Waals surface area contributed by atoms with Gasteiger partial charge in [0.2, 0.25) is 0 Å². The van der Waals surface area contributed by atoms with E-state index in [2.05, 4.69) is 29.3 Å². The molecule has 2 aromatic rings. The van der Waals surface area contributed by atoms with Crippen molar-refractivity contribution in [2.45, 2.75) is 6.61 Å². The highest BCUT2D eigenvalue weighted by atomic mass is 31.0. The molecule has 0 amide bonds. The molecule has 2 rings (SSSR count). The van der Waals surface area contributed by atoms with E-state index in [-0.39, 0.29) is 11.5 Å². The fraction of sp³-hybridized carbons (Fsp3) is 0.125. The summed E-state index contributed by atoms with van der Waals surface area (Å²) in [7, 11) is 4.39. The minimum Gasteiger partial charge on any atom is -0.432 e. The van der Waals surface area contributed by atoms with Crippen LogP contribution in [0, 0.1) is 5.82 Å². The van der Waals surface area contributed by atoms with Gasteiger partial charge < -0.3 is 15.8 Å². The van der Waals surface area contributed by atoms with E-state index in [4.69, 9.17) is 5.73 Å². The van der Waals surface area contributed by atoms with E-state index < -0.39 is 18.2 Å². The van der Waals surface area contributed by atoms with Crippen LogP contribution in [-0.4, -0.2) is 25.8 Å². The maximum Gasteiger partial charge on any atom is 0.387 e. The number of hydrogen-bond acceptors (Lipinski definition) is 3. The van der Waals surface area contributed by atoms with Gasteiger partial charge in [-0.1, -0.05) is 0 Å². The minimum absolute atomic E-state index is 0.188. The summed E-state index contributed by atoms with van der Waals surface area (Å²) in [5.74, 6) is -1.26. The first-order valence-electron chi connectivity index (χ1n) is 7.08. The zero-order chi connectivity index (χ0) is 18.4. The fourth-order valence-electron chi connectivity index (χ4n) is 1.94. The largest absolute Gasteiger partial charge is 0.432 e. The van der Waals surface area contributed by atoms with E-state index in [9.17, 15) is 13.2 Å². The second-order valence-corrected chi connectivity index (χ2v) is 5.43. The van der Waals surface area contributed by atoms with Gasteiger partial charge in [-0.25, -0.2) is 14.4 Å². The lowest BCUT2D eigenvalue weighted by molar-refractivity contribution is -0.0521. The monoisotopic (exact) mass is 368 g/mol. The average molecular weight is 368 g/mol. The second kappa shape index (κ2) is 8.48. The minimum atomic E-state index is -3.09. The molecule has 0 aliphatic rings. The van der Waals surface area contributed by atoms with E-state index in [1.165, 1.54) is 6.07 Å². The van der Waals surface area contributed by atoms with Crippen molar-refractivity contribution in [2.24, 2.45) is 15.7 Å². The first-order chi connectivity index (χ1) is 11.9. The smallest absolute Gasteiger partial charge is 0.387 e. The molecule has 0 spiro atoms. The number of alkyl halides is 2. The Labute approximate surface area is 145 Å². The molecule has 0 bridgehead atoms. The van der Waals surface area contributed by atoms with Gasteiger partial charge in [-0.05, 0) is 35.6 Å². The molecule has 1 unspecified atom stereocenters. The Balaban J connectivity index is 2.12. The first-order valence-corrected chi connectivity index (χ1v) is 7.66. The second-order valence-electron chi connectivity index (χ2n) is 4.80. The van der Waals surface area contributed by atoms with Crippen LogP contribution in [0.1, 0.15) is 5.56 Å². The molecule has 0 aliphatic heterocycles. The molecule has 3 N–H and O–H groups in total. The molecular formula is C16H16F3N4OP. The third-order valence-corrected chi connectivity index (χ3v) is 3.63. The Morgan fingerprint density at radius 2 is 2.04 bits per heavy atom. The summed E-state index contributed by atoms with van der Waals surface area (Å²) >= 11 is 0. The van der Waals surface area contributed by atoms with Crippen LogP contribution in [0.25, 0.3) is 0 Å². The lowest BCUT2D eigenvalue weighted by Crippen LogP contribution is -2.15. The number of amidine groups is 1. The molecule has 1 atom stereocenters. The van der Waals surface area contributed by atoms with Crippen LogP contribution in [0.15, 0.2) is 46.4 Å². The molecule has 9 heteroatoms. The number of aliphatic imine (C=N–C) groups is 2. The molecule has 0 fully saturated rings. The van der Waals surface area contributed by atoms with Crippen molar-refractivity contribution in [3.63, 3.8) is 0 Å². The van der Waals surface area contributed by atoms with Crippen LogP contribution in [0.4, 0.5) is 24.5 Å². The quantitative estimate of drug-likeness (QED) is 0.468. The molecule has 5 nitrogen and oxygen atoms in total. The molecule has 0 aliphatic carbocycles. The lowest BCUT2D eigenvalue weighted by Gasteiger charge is -2.07. The Kier molecular flexibility index (Phi) is 6.36. The number of halogens is 3. The van der Waals surface area contributed by atoms with E-state index in [1.54, 1.807) is 6.07 Å². The predicted molar refractivity (Wildman–Crippen MR) is 97.2 cm³/mol. The molecule has 25 heavy (non-hydrogen) atoms. The van der Waals surface area contributed by atoms with Crippen LogP contribution in [0.2, 0.25) is 0 Å². The molecule has 0 heterocycles. The van der Waals surface area contributed by atoms with Crippen LogP contribution >= 0.6 is 9.24 Å². The number of benzene rings is 2. The summed E-state index contributed by atoms with van der Waals surface area (Å²) in [6.45, 7) is -3.09. The number of nitrogens with one attached hydrogen (secondary N) is 1. The van der Waals surface area contributed by atoms with Gasteiger partial charge in [0.15, 0.2) is 11.6 Å². The molecule has 0 saturated carbocycles. The highest BCUT2D eigenvalue weighted by molar-refractivity contribution is 7.28. The Morgan fingerprint density at radius 1 is 1.28 bits per heavy atom. The molecule has 0 saturated heterocycles. The van der Waals surface area contributed by atoms with E-state index in [1.807, 2.05) is 19.2 Å². The Morgan fingerprint density at radius 3 is 2.64 bits per heavy atom. The molecule has 2 aromatic carbocycles. The summed E-state index contributed by atoms with van der Waals surface area (Å²) in [6, 6.07) is 8.84. The summed E-state index contributed by atoms with van der Waals surface area (Å²) in [6.07, 6.45) is 1.16. The van der Waals surface area contributed by atoms with Gasteiger partial charge in [-0.3, -0.25) is 0 Å². The van der Waals surface area contributed by atoms with Crippen LogP contribution in [0.3, 0.4) is 0 Å². The maximum atomic E-state index is 13.6. The van der Waals surface area contributed by atoms with Crippen molar-refractivity contribution in [1.29, 1.82) is 0 Å². The van der Waals surface area contributed by atoms with Gasteiger partial charge in [-0.15, -0.1) is 9.24 Å². The predicted octanol–water partition coefficient (Wildman–Crippen LogP) is 3.03. The zero-order valence-corrected chi connectivity index (χ0v) is 14.4. The van der Waals surface area contributed by atoms with Crippen molar-refractivity contribution in [3.05, 3.63) is 47.8 Å². The van der Waals surface area contributed by atoms with E-state index in [0.717, 1.165) is 29.5 Å². The molecule has 0 radical (unpaired) electrons. The third-order valence-electron chi connectivity index (χ3n) is 3.15. The van der Waals surface area contributed by atoms with Gasteiger partial charge >= 0.3 is 6.61 Å². The molecular weight excluding hydrogens is 352 g/mol. The standard InChI is InChI=1S/C16H16F3N4OP/c1-21-12-4-2-9(6-14(12)25)15(20)23-8-22-10-3-5-13(11(17)7-10)24-16(18)19/h2-8,16,21H,25H2,1H3,(H2,20,22,23). The summed E-state index contributed by atoms with van der Waals surface area (Å²) in [5.41, 5.74) is 7.71. The van der Waals surface area contributed by atoms with Crippen LogP contribution in [-0.2, 0) is 0 Å². The van der Waals surface area contributed by atoms with Crippen LogP contribution < -0.4 is 21.1 Å². The van der Waals surface area contributed by atoms with E-state index >= 15 is 0 Å². The topological polar surface area (TPSA) is 72.0 Å². The summed E-state index contributed by atoms with van der Waals surface area (Å²) in [4.78, 5) is 7.90. The number of ether oxygens (including phenoxy) is 1. The highest BCUT2D eigenvalue weighted by Gasteiger charge is 2.09. The molecule has 0 aromatic heterocycles. The average Bonchev–Trinajstić information content (AvgIpc) is 2.56. The number of rotatable bonds is 6. The van der Waals surface area contributed by atoms with E-state index in [0.29, 0.717) is 5.56 Å². The zero-order valence-electron chi connectivity index (χ0n) is 13.2. The number of nitrogens with zero attached hydrogens (tertiary/aromatic N) is 2. The van der Waals surface area contributed by atoms with Gasteiger partial charge in [0, 0.05) is 24.4 Å². The Bertz CT molecular complexity index is 812. The maximum absolute atomic E-state index is 13.6. The van der Waals surface area contributed by atoms with Crippen molar-refractivity contribution >= 4 is 38.1 Å². The summed E-state index contributed by atoms with van der Waals surface area (Å²) < 4.78 is 41.7. The number of hydrogen-bond donors (Lipinski definition) is 2. The normalized spacial score (nSPS) is 12.0. The van der Waals surface area contributed by atoms with Crippen LogP contribution in [0.5, 0.6) is 5.75 Å². The van der Waals surface area contributed by atoms with Crippen molar-refractivity contribution in [3.8, 4) is 5.75 Å². The summed E-state index contributed by atoms with van der Waals surface area (Å²) in [5, 5.41) is 3.95. The fourth-order valence-corrected chi connectivity index (χ4v) is 2.36. The first kappa shape index (κ1) is 18.7. The lowest BCUT2D eigenvalue weighted by atomic mass is 10.2. The van der Waals surface area contributed by atoms with Gasteiger partial charge in [-0.2, -0.15) is 8.78 Å². The van der Waals surface area contributed by atoms with Gasteiger partial charge in [0.05, 0.1) is 5.69 Å². The highest BCUT2D eigenvalue weighted by Crippen LogP contribution is 2.24. The van der Waals surface area contributed by atoms with Crippen molar-refractivity contribution in [1.82, 2.24) is 0 Å². The van der Waals surface area contributed by atoms with Gasteiger partial charge in [0.25, 0.3) is 0 Å². The van der Waals surface area contributed by atoms with Crippen molar-refractivity contribution < 1.29 is 17.9 Å². The number of anilines is 1.